The Morgan fingerprint density at radius 3 is 1.82 bits per heavy atom. The maximum absolute atomic E-state index is 15.9. The lowest BCUT2D eigenvalue weighted by Crippen LogP contribution is -2.47. The maximum Gasteiger partial charge on any atom is 0.472 e. The molecule has 3 heterocycles. The van der Waals surface area contributed by atoms with Crippen molar-refractivity contribution in [3.05, 3.63) is 12.2 Å². The summed E-state index contributed by atoms with van der Waals surface area (Å²) in [6.45, 7) is 5.33. The molecular weight excluding hydrogens is 888 g/mol. The molecule has 14 nitrogen and oxygen atoms in total. The Hall–Kier alpha value is -1.97. The first-order chi connectivity index (χ1) is 31.9. The molecule has 0 spiro atoms. The van der Waals surface area contributed by atoms with Crippen LogP contribution >= 0.6 is 19.4 Å². The highest BCUT2D eigenvalue weighted by molar-refractivity contribution is 7.47. The Kier molecular flexibility index (Phi) is 29.7. The van der Waals surface area contributed by atoms with Gasteiger partial charge in [0.05, 0.1) is 32.0 Å². The first-order valence-corrected chi connectivity index (χ1v) is 27.7. The normalized spacial score (nSPS) is 20.0. The molecule has 1 aliphatic heterocycles. The zero-order valence-electron chi connectivity index (χ0n) is 41.4. The van der Waals surface area contributed by atoms with Gasteiger partial charge in [0.25, 0.3) is 0 Å². The van der Waals surface area contributed by atoms with E-state index in [9.17, 15) is 19.4 Å². The molecule has 17 heteroatoms. The van der Waals surface area contributed by atoms with Gasteiger partial charge in [0, 0.05) is 27.1 Å². The van der Waals surface area contributed by atoms with Crippen molar-refractivity contribution in [1.82, 2.24) is 19.5 Å². The minimum absolute atomic E-state index is 0.0289. The highest BCUT2D eigenvalue weighted by Crippen LogP contribution is 2.48. The standard InChI is InChI=1S/C49H88ClFN5O9P/c1-6-8-10-12-14-16-18-20-22-24-26-28-30-32-34-61-35-41(64-42(57)33-31-29-27-25-23-21-19-17-15-13-11-9-7-2)36-62-66(59,60)63-38-49(37-50)45(58)43(51)48(65-49)56-39-52-44-46(55(4)5)53-40(3)54-47(44)56/h39,41,43,45,48,58H,6-38H2,1-5H3,(H,59,60)/t41?,43-,45-,48+,49+/m0/s1. The molecule has 0 saturated carbocycles. The number of hydrogen-bond donors (Lipinski definition) is 2. The van der Waals surface area contributed by atoms with Crippen LogP contribution < -0.4 is 4.90 Å². The fourth-order valence-corrected chi connectivity index (χ4v) is 9.58. The number of anilines is 1. The van der Waals surface area contributed by atoms with Gasteiger partial charge in [0.2, 0.25) is 0 Å². The molecule has 1 aliphatic rings. The van der Waals surface area contributed by atoms with Crippen molar-refractivity contribution < 1.29 is 47.0 Å². The molecule has 6 atom stereocenters. The SMILES string of the molecule is CCCCCCCCCCCCCCCCOCC(COP(=O)(O)OC[C@@]1(CCl)O[C@@H](n2cnc3c(N(C)C)nc(C)nc32)[C@@H](F)[C@@H]1O)OC(=O)CCCCCCCCCCCCCCC. The third-order valence-electron chi connectivity index (χ3n) is 12.5. The molecule has 1 saturated heterocycles. The van der Waals surface area contributed by atoms with Gasteiger partial charge >= 0.3 is 13.8 Å². The van der Waals surface area contributed by atoms with Gasteiger partial charge in [0.15, 0.2) is 29.4 Å². The molecule has 3 rings (SSSR count). The number of esters is 1. The number of halogens is 2. The smallest absolute Gasteiger partial charge is 0.457 e. The van der Waals surface area contributed by atoms with E-state index in [0.717, 1.165) is 38.5 Å². The van der Waals surface area contributed by atoms with Crippen LogP contribution in [0.3, 0.4) is 0 Å². The summed E-state index contributed by atoms with van der Waals surface area (Å²) in [7, 11) is -1.29. The number of phosphoric acid groups is 1. The average Bonchev–Trinajstić information content (AvgIpc) is 3.82. The highest BCUT2D eigenvalue weighted by Gasteiger charge is 2.57. The maximum atomic E-state index is 15.9. The molecule has 1 fully saturated rings. The quantitative estimate of drug-likeness (QED) is 0.0280. The number of unbranched alkanes of at least 4 members (excludes halogenated alkanes) is 25. The second-order valence-electron chi connectivity index (χ2n) is 18.7. The van der Waals surface area contributed by atoms with Crippen molar-refractivity contribution in [1.29, 1.82) is 0 Å². The summed E-state index contributed by atoms with van der Waals surface area (Å²) in [5.41, 5.74) is -1.27. The summed E-state index contributed by atoms with van der Waals surface area (Å²) in [5.74, 6) is 0.00540. The van der Waals surface area contributed by atoms with E-state index in [4.69, 9.17) is 34.9 Å². The Labute approximate surface area is 401 Å². The Balaban J connectivity index is 1.47. The van der Waals surface area contributed by atoms with Gasteiger partial charge in [-0.1, -0.05) is 174 Å². The van der Waals surface area contributed by atoms with Crippen LogP contribution in [0, 0.1) is 6.92 Å². The van der Waals surface area contributed by atoms with Crippen molar-refractivity contribution in [2.45, 2.75) is 231 Å². The molecule has 2 unspecified atom stereocenters. The number of carbonyl (C=O) groups excluding carboxylic acids is 1. The van der Waals surface area contributed by atoms with Gasteiger partial charge in [-0.3, -0.25) is 18.4 Å². The summed E-state index contributed by atoms with van der Waals surface area (Å²) in [6.07, 6.45) is 28.2. The van der Waals surface area contributed by atoms with Gasteiger partial charge < -0.3 is 29.1 Å². The number of aliphatic hydroxyl groups is 1. The predicted molar refractivity (Wildman–Crippen MR) is 262 cm³/mol. The fraction of sp³-hybridized carbons (Fsp3) is 0.878. The van der Waals surface area contributed by atoms with Gasteiger partial charge in [-0.15, -0.1) is 11.6 Å². The first kappa shape index (κ1) is 58.3. The van der Waals surface area contributed by atoms with Crippen LogP contribution in [-0.4, -0.2) is 106 Å². The van der Waals surface area contributed by atoms with E-state index in [0.29, 0.717) is 30.2 Å². The van der Waals surface area contributed by atoms with Crippen LogP contribution in [0.1, 0.15) is 206 Å². The fourth-order valence-electron chi connectivity index (χ4n) is 8.47. The lowest BCUT2D eigenvalue weighted by Gasteiger charge is -2.30. The summed E-state index contributed by atoms with van der Waals surface area (Å²) < 4.78 is 58.8. The zero-order chi connectivity index (χ0) is 48.0. The van der Waals surface area contributed by atoms with Crippen molar-refractivity contribution in [3.63, 3.8) is 0 Å². The average molecular weight is 977 g/mol. The zero-order valence-corrected chi connectivity index (χ0v) is 43.1. The molecular formula is C49H88ClFN5O9P. The lowest BCUT2D eigenvalue weighted by molar-refractivity contribution is -0.155. The number of carbonyl (C=O) groups is 1. The molecule has 0 amide bonds. The molecule has 0 aliphatic carbocycles. The topological polar surface area (TPSA) is 168 Å². The van der Waals surface area contributed by atoms with Crippen molar-refractivity contribution in [2.24, 2.45) is 0 Å². The minimum atomic E-state index is -4.88. The molecule has 2 N–H and O–H groups in total. The Bertz CT molecular complexity index is 1650. The van der Waals surface area contributed by atoms with Gasteiger partial charge in [-0.25, -0.2) is 23.9 Å². The number of fused-ring (bicyclic) bond motifs is 1. The second-order valence-corrected chi connectivity index (χ2v) is 20.4. The number of ether oxygens (including phenoxy) is 3. The minimum Gasteiger partial charge on any atom is -0.457 e. The molecule has 0 aromatic carbocycles. The van der Waals surface area contributed by atoms with Crippen molar-refractivity contribution >= 4 is 42.4 Å². The molecule has 2 aromatic rings. The van der Waals surface area contributed by atoms with E-state index >= 15 is 4.39 Å². The van der Waals surface area contributed by atoms with E-state index in [1.165, 1.54) is 139 Å². The third kappa shape index (κ3) is 21.8. The van der Waals surface area contributed by atoms with Crippen molar-refractivity contribution in [2.75, 3.05) is 51.3 Å². The molecule has 0 radical (unpaired) electrons. The number of phosphoric ester groups is 1. The molecule has 382 valence electrons. The van der Waals surface area contributed by atoms with Crippen LogP contribution in [-0.2, 0) is 32.6 Å². The monoisotopic (exact) mass is 976 g/mol. The van der Waals surface area contributed by atoms with E-state index in [-0.39, 0.29) is 18.7 Å². The summed E-state index contributed by atoms with van der Waals surface area (Å²) in [6, 6.07) is 0. The number of hydrogen-bond acceptors (Lipinski definition) is 12. The molecule has 66 heavy (non-hydrogen) atoms. The van der Waals surface area contributed by atoms with E-state index < -0.39 is 63.1 Å². The van der Waals surface area contributed by atoms with Crippen LogP contribution in [0.5, 0.6) is 0 Å². The van der Waals surface area contributed by atoms with E-state index in [2.05, 4.69) is 28.8 Å². The Morgan fingerprint density at radius 1 is 0.818 bits per heavy atom. The lowest BCUT2D eigenvalue weighted by atomic mass is 9.99. The number of aliphatic hydroxyl groups excluding tert-OH is 1. The van der Waals surface area contributed by atoms with Gasteiger partial charge in [-0.05, 0) is 19.8 Å². The number of nitrogens with zero attached hydrogens (tertiary/aromatic N) is 5. The van der Waals surface area contributed by atoms with Crippen molar-refractivity contribution in [3.8, 4) is 0 Å². The van der Waals surface area contributed by atoms with Crippen LogP contribution in [0.15, 0.2) is 6.33 Å². The van der Waals surface area contributed by atoms with Crippen LogP contribution in [0.25, 0.3) is 11.2 Å². The first-order valence-electron chi connectivity index (χ1n) is 25.7. The second kappa shape index (κ2) is 33.5. The molecule has 0 bridgehead atoms. The van der Waals surface area contributed by atoms with Gasteiger partial charge in [-0.2, -0.15) is 0 Å². The highest BCUT2D eigenvalue weighted by atomic mass is 35.5. The predicted octanol–water partition coefficient (Wildman–Crippen LogP) is 12.4. The van der Waals surface area contributed by atoms with E-state index in [1.54, 1.807) is 25.9 Å². The van der Waals surface area contributed by atoms with Crippen LogP contribution in [0.4, 0.5) is 10.2 Å². The number of imidazole rings is 1. The Morgan fingerprint density at radius 2 is 1.32 bits per heavy atom. The summed E-state index contributed by atoms with van der Waals surface area (Å²) in [4.78, 5) is 38.7. The van der Waals surface area contributed by atoms with E-state index in [1.807, 2.05) is 0 Å². The van der Waals surface area contributed by atoms with Crippen LogP contribution in [0.2, 0.25) is 0 Å². The third-order valence-corrected chi connectivity index (χ3v) is 13.9. The number of aryl methyl sites for hydroxylation is 1. The van der Waals surface area contributed by atoms with Gasteiger partial charge in [0.1, 0.15) is 23.6 Å². The summed E-state index contributed by atoms with van der Waals surface area (Å²) >= 11 is 6.27. The molecule has 2 aromatic heterocycles. The summed E-state index contributed by atoms with van der Waals surface area (Å²) in [5, 5.41) is 11.1. The number of rotatable bonds is 41. The largest absolute Gasteiger partial charge is 0.472 e. The number of aromatic nitrogens is 4. The number of alkyl halides is 2.